The first-order valence-corrected chi connectivity index (χ1v) is 12.5. The topological polar surface area (TPSA) is 109 Å². The molecular weight excluding hydrogens is 412 g/mol. The molecule has 0 unspecified atom stereocenters. The third-order valence-electron chi connectivity index (χ3n) is 4.88. The average molecular weight is 441 g/mol. The van der Waals surface area contributed by atoms with E-state index in [1.807, 2.05) is 13.8 Å². The van der Waals surface area contributed by atoms with Gasteiger partial charge in [-0.05, 0) is 62.8 Å². The highest BCUT2D eigenvalue weighted by molar-refractivity contribution is 7.86. The summed E-state index contributed by atoms with van der Waals surface area (Å²) < 4.78 is 64.7. The van der Waals surface area contributed by atoms with Crippen LogP contribution in [0.25, 0.3) is 0 Å². The maximum absolute atomic E-state index is 11.5. The van der Waals surface area contributed by atoms with Crippen molar-refractivity contribution in [2.24, 2.45) is 0 Å². The van der Waals surface area contributed by atoms with Crippen LogP contribution in [0.15, 0.2) is 46.2 Å². The minimum absolute atomic E-state index is 0.0275. The minimum atomic E-state index is -4.22. The van der Waals surface area contributed by atoms with Crippen molar-refractivity contribution in [2.75, 3.05) is 0 Å². The van der Waals surface area contributed by atoms with Gasteiger partial charge in [0.1, 0.15) is 0 Å². The van der Waals surface area contributed by atoms with Crippen LogP contribution in [-0.2, 0) is 33.1 Å². The summed E-state index contributed by atoms with van der Waals surface area (Å²) in [6.07, 6.45) is 5.47. The van der Waals surface area contributed by atoms with Crippen molar-refractivity contribution in [2.45, 2.75) is 68.6 Å². The second-order valence-electron chi connectivity index (χ2n) is 7.44. The summed E-state index contributed by atoms with van der Waals surface area (Å²) in [4.78, 5) is -0.0550. The molecule has 0 aliphatic heterocycles. The molecule has 0 aliphatic carbocycles. The third kappa shape index (κ3) is 7.22. The molecule has 0 saturated heterocycles. The largest absolute Gasteiger partial charge is 0.294 e. The van der Waals surface area contributed by atoms with E-state index in [1.165, 1.54) is 12.1 Å². The number of rotatable bonds is 10. The van der Waals surface area contributed by atoms with Crippen molar-refractivity contribution >= 4 is 20.2 Å². The fourth-order valence-corrected chi connectivity index (χ4v) is 4.94. The fourth-order valence-electron chi connectivity index (χ4n) is 3.47. The Morgan fingerprint density at radius 3 is 1.31 bits per heavy atom. The van der Waals surface area contributed by atoms with Gasteiger partial charge in [-0.3, -0.25) is 9.11 Å². The Morgan fingerprint density at radius 1 is 0.621 bits per heavy atom. The Kier molecular flexibility index (Phi) is 7.99. The van der Waals surface area contributed by atoms with Crippen molar-refractivity contribution in [3.63, 3.8) is 0 Å². The molecule has 0 heterocycles. The molecular formula is C21H28O6S2. The number of hydrogen-bond donors (Lipinski definition) is 2. The Labute approximate surface area is 173 Å². The lowest BCUT2D eigenvalue weighted by Gasteiger charge is -2.09. The van der Waals surface area contributed by atoms with Crippen molar-refractivity contribution < 1.29 is 25.9 Å². The van der Waals surface area contributed by atoms with Gasteiger partial charge < -0.3 is 0 Å². The van der Waals surface area contributed by atoms with Crippen LogP contribution in [-0.4, -0.2) is 25.9 Å². The molecule has 2 rings (SSSR count). The number of aryl methyl sites for hydroxylation is 4. The number of benzene rings is 2. The molecule has 0 bridgehead atoms. The molecule has 2 aromatic carbocycles. The molecule has 0 aliphatic rings. The summed E-state index contributed by atoms with van der Waals surface area (Å²) in [5.41, 5.74) is 3.15. The van der Waals surface area contributed by atoms with Crippen LogP contribution >= 0.6 is 0 Å². The molecule has 0 radical (unpaired) electrons. The second-order valence-corrected chi connectivity index (χ2v) is 10.2. The van der Waals surface area contributed by atoms with E-state index in [0.717, 1.165) is 43.2 Å². The molecule has 160 valence electrons. The van der Waals surface area contributed by atoms with E-state index in [1.54, 1.807) is 24.3 Å². The van der Waals surface area contributed by atoms with Crippen molar-refractivity contribution in [1.29, 1.82) is 0 Å². The quantitative estimate of drug-likeness (QED) is 0.415. The van der Waals surface area contributed by atoms with Crippen LogP contribution in [0.1, 0.15) is 54.4 Å². The normalized spacial score (nSPS) is 12.3. The highest BCUT2D eigenvalue weighted by Crippen LogP contribution is 2.22. The van der Waals surface area contributed by atoms with Crippen molar-refractivity contribution in [1.82, 2.24) is 0 Å². The first-order valence-electron chi connectivity index (χ1n) is 9.62. The summed E-state index contributed by atoms with van der Waals surface area (Å²) >= 11 is 0. The Balaban J connectivity index is 1.83. The number of unbranched alkanes of at least 4 members (excludes halogenated alkanes) is 4. The Bertz CT molecular complexity index is 971. The van der Waals surface area contributed by atoms with Crippen LogP contribution < -0.4 is 0 Å². The zero-order chi connectivity index (χ0) is 21.7. The zero-order valence-electron chi connectivity index (χ0n) is 16.8. The molecule has 2 N–H and O–H groups in total. The van der Waals surface area contributed by atoms with Gasteiger partial charge in [-0.15, -0.1) is 0 Å². The summed E-state index contributed by atoms with van der Waals surface area (Å²) in [5.74, 6) is 0. The van der Waals surface area contributed by atoms with E-state index in [0.29, 0.717) is 24.0 Å². The van der Waals surface area contributed by atoms with Gasteiger partial charge in [-0.25, -0.2) is 0 Å². The number of hydrogen-bond acceptors (Lipinski definition) is 4. The monoisotopic (exact) mass is 440 g/mol. The lowest BCUT2D eigenvalue weighted by atomic mass is 10.0. The molecule has 6 nitrogen and oxygen atoms in total. The van der Waals surface area contributed by atoms with Crippen LogP contribution in [0, 0.1) is 13.8 Å². The van der Waals surface area contributed by atoms with Gasteiger partial charge >= 0.3 is 0 Å². The SMILES string of the molecule is Cc1ccc(S(=O)(=O)O)c(CCCCCCCc2cc(C)ccc2S(=O)(=O)O)c1. The van der Waals surface area contributed by atoms with E-state index in [9.17, 15) is 25.9 Å². The maximum Gasteiger partial charge on any atom is 0.294 e. The molecule has 0 fully saturated rings. The summed E-state index contributed by atoms with van der Waals surface area (Å²) in [6, 6.07) is 9.79. The van der Waals surface area contributed by atoms with E-state index in [2.05, 4.69) is 0 Å². The molecule has 0 amide bonds. The molecule has 0 atom stereocenters. The molecule has 0 saturated carbocycles. The van der Waals surface area contributed by atoms with E-state index < -0.39 is 20.2 Å². The van der Waals surface area contributed by atoms with Crippen LogP contribution in [0.2, 0.25) is 0 Å². The Hall–Kier alpha value is -1.74. The lowest BCUT2D eigenvalue weighted by Crippen LogP contribution is -2.04. The van der Waals surface area contributed by atoms with E-state index in [-0.39, 0.29) is 9.79 Å². The van der Waals surface area contributed by atoms with Gasteiger partial charge in [0.05, 0.1) is 9.79 Å². The van der Waals surface area contributed by atoms with E-state index in [4.69, 9.17) is 0 Å². The van der Waals surface area contributed by atoms with Gasteiger partial charge in [0.2, 0.25) is 0 Å². The van der Waals surface area contributed by atoms with Gasteiger partial charge in [-0.2, -0.15) is 16.8 Å². The van der Waals surface area contributed by atoms with Crippen molar-refractivity contribution in [3.8, 4) is 0 Å². The Morgan fingerprint density at radius 2 is 0.966 bits per heavy atom. The predicted octanol–water partition coefficient (Wildman–Crippen LogP) is 4.53. The highest BCUT2D eigenvalue weighted by Gasteiger charge is 2.16. The molecule has 0 aromatic heterocycles. The second kappa shape index (κ2) is 9.84. The molecule has 29 heavy (non-hydrogen) atoms. The summed E-state index contributed by atoms with van der Waals surface area (Å²) in [6.45, 7) is 3.76. The third-order valence-corrected chi connectivity index (χ3v) is 6.79. The predicted molar refractivity (Wildman–Crippen MR) is 112 cm³/mol. The standard InChI is InChI=1S/C21H28O6S2/c1-16-10-12-20(28(22,23)24)18(14-16)8-6-4-3-5-7-9-19-15-17(2)11-13-21(19)29(25,26)27/h10-15H,3-9H2,1-2H3,(H,22,23,24)(H,25,26,27). The van der Waals surface area contributed by atoms with Gasteiger partial charge in [-0.1, -0.05) is 54.7 Å². The fraction of sp³-hybridized carbons (Fsp3) is 0.429. The first-order chi connectivity index (χ1) is 13.5. The molecule has 8 heteroatoms. The van der Waals surface area contributed by atoms with Gasteiger partial charge in [0, 0.05) is 0 Å². The highest BCUT2D eigenvalue weighted by atomic mass is 32.2. The minimum Gasteiger partial charge on any atom is -0.282 e. The van der Waals surface area contributed by atoms with Crippen LogP contribution in [0.5, 0.6) is 0 Å². The van der Waals surface area contributed by atoms with Crippen LogP contribution in [0.3, 0.4) is 0 Å². The first kappa shape index (κ1) is 23.5. The smallest absolute Gasteiger partial charge is 0.282 e. The van der Waals surface area contributed by atoms with Crippen LogP contribution in [0.4, 0.5) is 0 Å². The summed E-state index contributed by atoms with van der Waals surface area (Å²) in [7, 11) is -8.44. The maximum atomic E-state index is 11.5. The van der Waals surface area contributed by atoms with Crippen molar-refractivity contribution in [3.05, 3.63) is 58.7 Å². The van der Waals surface area contributed by atoms with Gasteiger partial charge in [0.15, 0.2) is 0 Å². The average Bonchev–Trinajstić information content (AvgIpc) is 2.59. The van der Waals surface area contributed by atoms with Gasteiger partial charge in [0.25, 0.3) is 20.2 Å². The molecule has 2 aromatic rings. The lowest BCUT2D eigenvalue weighted by molar-refractivity contribution is 0.479. The zero-order valence-corrected chi connectivity index (χ0v) is 18.4. The van der Waals surface area contributed by atoms with E-state index >= 15 is 0 Å². The summed E-state index contributed by atoms with van der Waals surface area (Å²) in [5, 5.41) is 0. The molecule has 0 spiro atoms.